The summed E-state index contributed by atoms with van der Waals surface area (Å²) in [7, 11) is 1.56. The molecular formula is C21H23N3O4S. The fraction of sp³-hybridized carbons (Fsp3) is 0.286. The summed E-state index contributed by atoms with van der Waals surface area (Å²) in [6.07, 6.45) is 1.72. The number of imide groups is 1. The zero-order valence-electron chi connectivity index (χ0n) is 16.8. The average Bonchev–Trinajstić information content (AvgIpc) is 3.11. The minimum atomic E-state index is -0.453. The van der Waals surface area contributed by atoms with E-state index in [2.05, 4.69) is 16.8 Å². The van der Waals surface area contributed by atoms with Gasteiger partial charge in [0, 0.05) is 23.6 Å². The van der Waals surface area contributed by atoms with Crippen LogP contribution in [-0.2, 0) is 16.1 Å². The molecule has 0 atom stereocenters. The molecule has 1 aliphatic rings. The van der Waals surface area contributed by atoms with Gasteiger partial charge in [-0.25, -0.2) is 0 Å². The highest BCUT2D eigenvalue weighted by molar-refractivity contribution is 8.18. The smallest absolute Gasteiger partial charge is 0.294 e. The first-order valence-corrected chi connectivity index (χ1v) is 10.0. The van der Waals surface area contributed by atoms with Gasteiger partial charge in [-0.05, 0) is 74.5 Å². The van der Waals surface area contributed by atoms with Crippen molar-refractivity contribution < 1.29 is 19.1 Å². The number of hydrogen-bond donors (Lipinski definition) is 1. The van der Waals surface area contributed by atoms with Crippen LogP contribution >= 0.6 is 11.8 Å². The standard InChI is InChI=1S/C21H23N3O4S/c1-5-23-13(2)10-15(14(23)3)11-18-20(26)24(21(27)29-18)12-19(25)22-16-6-8-17(28-4)9-7-16/h6-11H,5,12H2,1-4H3,(H,22,25)/b18-11-. The fourth-order valence-electron chi connectivity index (χ4n) is 3.26. The van der Waals surface area contributed by atoms with E-state index in [1.165, 1.54) is 0 Å². The summed E-state index contributed by atoms with van der Waals surface area (Å²) >= 11 is 0.854. The van der Waals surface area contributed by atoms with Crippen molar-refractivity contribution in [2.24, 2.45) is 0 Å². The molecule has 0 saturated carbocycles. The molecule has 8 heteroatoms. The molecule has 0 unspecified atom stereocenters. The molecule has 7 nitrogen and oxygen atoms in total. The zero-order valence-corrected chi connectivity index (χ0v) is 17.6. The van der Waals surface area contributed by atoms with E-state index in [-0.39, 0.29) is 6.54 Å². The van der Waals surface area contributed by atoms with E-state index in [9.17, 15) is 14.4 Å². The van der Waals surface area contributed by atoms with Gasteiger partial charge in [-0.3, -0.25) is 19.3 Å². The van der Waals surface area contributed by atoms with Crippen molar-refractivity contribution in [3.05, 3.63) is 52.2 Å². The monoisotopic (exact) mass is 413 g/mol. The molecule has 3 rings (SSSR count). The van der Waals surface area contributed by atoms with E-state index in [1.54, 1.807) is 37.5 Å². The van der Waals surface area contributed by atoms with Crippen molar-refractivity contribution in [2.75, 3.05) is 19.0 Å². The van der Waals surface area contributed by atoms with E-state index in [4.69, 9.17) is 4.74 Å². The Balaban J connectivity index is 1.70. The maximum Gasteiger partial charge on any atom is 0.294 e. The molecule has 1 aliphatic heterocycles. The lowest BCUT2D eigenvalue weighted by atomic mass is 10.2. The van der Waals surface area contributed by atoms with Crippen LogP contribution < -0.4 is 10.1 Å². The van der Waals surface area contributed by atoms with Gasteiger partial charge in [0.2, 0.25) is 5.91 Å². The van der Waals surface area contributed by atoms with Gasteiger partial charge >= 0.3 is 0 Å². The van der Waals surface area contributed by atoms with Crippen LogP contribution in [0.1, 0.15) is 23.9 Å². The van der Waals surface area contributed by atoms with E-state index >= 15 is 0 Å². The summed E-state index contributed by atoms with van der Waals surface area (Å²) in [6.45, 7) is 6.54. The number of anilines is 1. The molecule has 1 fully saturated rings. The number of hydrogen-bond acceptors (Lipinski definition) is 5. The third-order valence-electron chi connectivity index (χ3n) is 4.76. The van der Waals surface area contributed by atoms with Gasteiger partial charge in [0.25, 0.3) is 11.1 Å². The molecule has 29 heavy (non-hydrogen) atoms. The third-order valence-corrected chi connectivity index (χ3v) is 5.67. The molecule has 1 aromatic carbocycles. The number of ether oxygens (including phenoxy) is 1. The molecule has 1 saturated heterocycles. The Hall–Kier alpha value is -3.00. The second-order valence-corrected chi connectivity index (χ2v) is 7.61. The molecule has 3 amide bonds. The summed E-state index contributed by atoms with van der Waals surface area (Å²) in [4.78, 5) is 38.6. The molecule has 2 aromatic rings. The van der Waals surface area contributed by atoms with Crippen LogP contribution in [0.25, 0.3) is 6.08 Å². The van der Waals surface area contributed by atoms with E-state index < -0.39 is 17.1 Å². The number of rotatable bonds is 6. The van der Waals surface area contributed by atoms with Crippen molar-refractivity contribution in [1.82, 2.24) is 9.47 Å². The first-order valence-electron chi connectivity index (χ1n) is 9.20. The second kappa shape index (κ2) is 8.57. The zero-order chi connectivity index (χ0) is 21.1. The predicted octanol–water partition coefficient (Wildman–Crippen LogP) is 3.81. The molecule has 0 radical (unpaired) electrons. The highest BCUT2D eigenvalue weighted by atomic mass is 32.2. The van der Waals surface area contributed by atoms with Crippen LogP contribution in [0, 0.1) is 13.8 Å². The first-order chi connectivity index (χ1) is 13.8. The average molecular weight is 413 g/mol. The number of amides is 3. The Labute approximate surface area is 173 Å². The van der Waals surface area contributed by atoms with Gasteiger partial charge < -0.3 is 14.6 Å². The quantitative estimate of drug-likeness (QED) is 0.729. The highest BCUT2D eigenvalue weighted by Crippen LogP contribution is 2.33. The largest absolute Gasteiger partial charge is 0.497 e. The van der Waals surface area contributed by atoms with Gasteiger partial charge in [-0.1, -0.05) is 0 Å². The number of benzene rings is 1. The van der Waals surface area contributed by atoms with Crippen LogP contribution in [0.15, 0.2) is 35.2 Å². The van der Waals surface area contributed by atoms with Crippen LogP contribution in [-0.4, -0.2) is 40.2 Å². The SMILES string of the molecule is CCn1c(C)cc(/C=C2\SC(=O)N(CC(=O)Nc3ccc(OC)cc3)C2=O)c1C. The number of nitrogens with zero attached hydrogens (tertiary/aromatic N) is 2. The number of thioether (sulfide) groups is 1. The normalized spacial score (nSPS) is 15.3. The van der Waals surface area contributed by atoms with Crippen molar-refractivity contribution in [2.45, 2.75) is 27.3 Å². The van der Waals surface area contributed by atoms with Crippen LogP contribution in [0.4, 0.5) is 10.5 Å². The molecular weight excluding hydrogens is 390 g/mol. The van der Waals surface area contributed by atoms with E-state index in [1.807, 2.05) is 19.9 Å². The fourth-order valence-corrected chi connectivity index (χ4v) is 4.09. The number of aryl methyl sites for hydroxylation is 1. The van der Waals surface area contributed by atoms with Crippen LogP contribution in [0.3, 0.4) is 0 Å². The first kappa shape index (κ1) is 20.7. The number of methoxy groups -OCH3 is 1. The summed E-state index contributed by atoms with van der Waals surface area (Å²) in [5.74, 6) is -0.226. The Bertz CT molecular complexity index is 992. The maximum atomic E-state index is 12.7. The van der Waals surface area contributed by atoms with E-state index in [0.717, 1.165) is 40.2 Å². The maximum absolute atomic E-state index is 12.7. The summed E-state index contributed by atoms with van der Waals surface area (Å²) < 4.78 is 7.21. The van der Waals surface area contributed by atoms with Gasteiger partial charge in [0.1, 0.15) is 12.3 Å². The molecule has 1 N–H and O–H groups in total. The molecule has 0 aliphatic carbocycles. The van der Waals surface area contributed by atoms with Crippen molar-refractivity contribution in [3.8, 4) is 5.75 Å². The molecule has 0 spiro atoms. The number of aromatic nitrogens is 1. The highest BCUT2D eigenvalue weighted by Gasteiger charge is 2.36. The minimum Gasteiger partial charge on any atom is -0.497 e. The second-order valence-electron chi connectivity index (χ2n) is 6.62. The van der Waals surface area contributed by atoms with Gasteiger partial charge in [-0.15, -0.1) is 0 Å². The molecule has 2 heterocycles. The lowest BCUT2D eigenvalue weighted by molar-refractivity contribution is -0.127. The topological polar surface area (TPSA) is 80.6 Å². The molecule has 1 aromatic heterocycles. The minimum absolute atomic E-state index is 0.323. The Morgan fingerprint density at radius 2 is 1.90 bits per heavy atom. The Morgan fingerprint density at radius 3 is 2.48 bits per heavy atom. The summed E-state index contributed by atoms with van der Waals surface area (Å²) in [6, 6.07) is 8.79. The van der Waals surface area contributed by atoms with Crippen LogP contribution in [0.2, 0.25) is 0 Å². The van der Waals surface area contributed by atoms with Gasteiger partial charge in [0.05, 0.1) is 12.0 Å². The molecule has 152 valence electrons. The van der Waals surface area contributed by atoms with Crippen molar-refractivity contribution in [1.29, 1.82) is 0 Å². The van der Waals surface area contributed by atoms with Gasteiger partial charge in [0.15, 0.2) is 0 Å². The predicted molar refractivity (Wildman–Crippen MR) is 114 cm³/mol. The third kappa shape index (κ3) is 4.37. The summed E-state index contributed by atoms with van der Waals surface area (Å²) in [5, 5.41) is 2.23. The summed E-state index contributed by atoms with van der Waals surface area (Å²) in [5.41, 5.74) is 3.59. The lowest BCUT2D eigenvalue weighted by Gasteiger charge is -2.12. The Morgan fingerprint density at radius 1 is 1.21 bits per heavy atom. The van der Waals surface area contributed by atoms with Crippen LogP contribution in [0.5, 0.6) is 5.75 Å². The lowest BCUT2D eigenvalue weighted by Crippen LogP contribution is -2.36. The number of carbonyl (C=O) groups is 3. The molecule has 0 bridgehead atoms. The van der Waals surface area contributed by atoms with Gasteiger partial charge in [-0.2, -0.15) is 0 Å². The van der Waals surface area contributed by atoms with E-state index in [0.29, 0.717) is 16.3 Å². The Kier molecular flexibility index (Phi) is 6.12. The van der Waals surface area contributed by atoms with Crippen molar-refractivity contribution >= 4 is 40.6 Å². The number of carbonyl (C=O) groups excluding carboxylic acids is 3. The number of nitrogens with one attached hydrogen (secondary N) is 1. The van der Waals surface area contributed by atoms with Crippen molar-refractivity contribution in [3.63, 3.8) is 0 Å².